The molecule has 1 aromatic rings. The lowest BCUT2D eigenvalue weighted by Gasteiger charge is -2.29. The van der Waals surface area contributed by atoms with Crippen LogP contribution in [-0.4, -0.2) is 24.4 Å². The molecule has 2 unspecified atom stereocenters. The van der Waals surface area contributed by atoms with Crippen LogP contribution in [0.3, 0.4) is 0 Å². The molecule has 5 nitrogen and oxygen atoms in total. The van der Waals surface area contributed by atoms with E-state index in [0.29, 0.717) is 25.4 Å². The Balaban J connectivity index is 2.48. The lowest BCUT2D eigenvalue weighted by molar-refractivity contribution is -0.131. The Hall–Kier alpha value is -1.46. The summed E-state index contributed by atoms with van der Waals surface area (Å²) >= 11 is 0. The normalized spacial score (nSPS) is 22.9. The van der Waals surface area contributed by atoms with Crippen LogP contribution in [0.25, 0.3) is 0 Å². The summed E-state index contributed by atoms with van der Waals surface area (Å²) in [5.41, 5.74) is 9.49. The fourth-order valence-electron chi connectivity index (χ4n) is 2.87. The number of benzene rings is 1. The molecule has 1 aromatic carbocycles. The van der Waals surface area contributed by atoms with Crippen LogP contribution < -0.4 is 0 Å². The SMILES string of the molecule is CC(C)(C)c1cc(C2OCCC(N=N)CO2)cc(C(C)(C)C)c1O. The van der Waals surface area contributed by atoms with E-state index in [2.05, 4.69) is 46.7 Å². The van der Waals surface area contributed by atoms with E-state index >= 15 is 0 Å². The maximum atomic E-state index is 10.8. The van der Waals surface area contributed by atoms with E-state index in [-0.39, 0.29) is 16.9 Å². The molecule has 24 heavy (non-hydrogen) atoms. The first-order valence-electron chi connectivity index (χ1n) is 8.51. The zero-order valence-corrected chi connectivity index (χ0v) is 15.6. The number of hydrogen-bond donors (Lipinski definition) is 2. The molecule has 5 heteroatoms. The number of aromatic hydroxyl groups is 1. The summed E-state index contributed by atoms with van der Waals surface area (Å²) < 4.78 is 11.7. The molecule has 0 spiro atoms. The van der Waals surface area contributed by atoms with Gasteiger partial charge in [-0.05, 0) is 40.5 Å². The zero-order valence-electron chi connectivity index (χ0n) is 15.6. The van der Waals surface area contributed by atoms with E-state index in [4.69, 9.17) is 15.0 Å². The first kappa shape index (κ1) is 18.9. The number of rotatable bonds is 2. The molecule has 1 fully saturated rings. The summed E-state index contributed by atoms with van der Waals surface area (Å²) in [7, 11) is 0. The van der Waals surface area contributed by atoms with Crippen LogP contribution in [0.1, 0.15) is 70.9 Å². The molecule has 1 heterocycles. The highest BCUT2D eigenvalue weighted by Crippen LogP contribution is 2.41. The second-order valence-electron chi connectivity index (χ2n) is 8.57. The monoisotopic (exact) mass is 334 g/mol. The zero-order chi connectivity index (χ0) is 18.1. The quantitative estimate of drug-likeness (QED) is 0.761. The third-order valence-corrected chi connectivity index (χ3v) is 4.36. The van der Waals surface area contributed by atoms with Gasteiger partial charge in [-0.25, -0.2) is 5.53 Å². The van der Waals surface area contributed by atoms with Crippen molar-refractivity contribution >= 4 is 0 Å². The van der Waals surface area contributed by atoms with Gasteiger partial charge >= 0.3 is 0 Å². The van der Waals surface area contributed by atoms with Crippen LogP contribution in [0.5, 0.6) is 5.75 Å². The van der Waals surface area contributed by atoms with Crippen molar-refractivity contribution in [2.45, 2.75) is 71.1 Å². The topological polar surface area (TPSA) is 74.9 Å². The molecule has 2 N–H and O–H groups in total. The largest absolute Gasteiger partial charge is 0.507 e. The molecule has 2 rings (SSSR count). The molecule has 1 aliphatic rings. The second-order valence-corrected chi connectivity index (χ2v) is 8.57. The van der Waals surface area contributed by atoms with Crippen molar-refractivity contribution < 1.29 is 14.6 Å². The number of phenols is 1. The first-order chi connectivity index (χ1) is 11.0. The fourth-order valence-corrected chi connectivity index (χ4v) is 2.87. The third-order valence-electron chi connectivity index (χ3n) is 4.36. The maximum Gasteiger partial charge on any atom is 0.183 e. The van der Waals surface area contributed by atoms with Gasteiger partial charge in [-0.1, -0.05) is 41.5 Å². The van der Waals surface area contributed by atoms with E-state index < -0.39 is 6.29 Å². The third kappa shape index (κ3) is 4.14. The summed E-state index contributed by atoms with van der Waals surface area (Å²) in [5, 5.41) is 14.4. The predicted molar refractivity (Wildman–Crippen MR) is 93.7 cm³/mol. The van der Waals surface area contributed by atoms with Gasteiger partial charge in [0.05, 0.1) is 19.3 Å². The smallest absolute Gasteiger partial charge is 0.183 e. The summed E-state index contributed by atoms with van der Waals surface area (Å²) in [4.78, 5) is 0. The van der Waals surface area contributed by atoms with E-state index in [1.54, 1.807) is 0 Å². The van der Waals surface area contributed by atoms with Crippen molar-refractivity contribution in [1.29, 1.82) is 5.53 Å². The van der Waals surface area contributed by atoms with Gasteiger partial charge in [0.1, 0.15) is 5.75 Å². The lowest BCUT2D eigenvalue weighted by atomic mass is 9.78. The van der Waals surface area contributed by atoms with Crippen LogP contribution in [-0.2, 0) is 20.3 Å². The van der Waals surface area contributed by atoms with Gasteiger partial charge < -0.3 is 14.6 Å². The van der Waals surface area contributed by atoms with E-state index in [0.717, 1.165) is 16.7 Å². The Morgan fingerprint density at radius 3 is 2.04 bits per heavy atom. The molecule has 0 radical (unpaired) electrons. The summed E-state index contributed by atoms with van der Waals surface area (Å²) in [6.45, 7) is 13.4. The van der Waals surface area contributed by atoms with Gasteiger partial charge in [-0.3, -0.25) is 0 Å². The molecule has 0 saturated carbocycles. The minimum atomic E-state index is -0.487. The van der Waals surface area contributed by atoms with Crippen molar-refractivity contribution in [2.75, 3.05) is 13.2 Å². The molecule has 0 amide bonds. The minimum Gasteiger partial charge on any atom is -0.507 e. The van der Waals surface area contributed by atoms with Crippen LogP contribution in [0, 0.1) is 5.53 Å². The number of nitrogens with zero attached hydrogens (tertiary/aromatic N) is 1. The summed E-state index contributed by atoms with van der Waals surface area (Å²) in [6.07, 6.45) is 0.204. The molecular formula is C19H30N2O3. The molecule has 1 aliphatic heterocycles. The molecule has 0 aromatic heterocycles. The number of ether oxygens (including phenoxy) is 2. The van der Waals surface area contributed by atoms with Crippen molar-refractivity contribution in [3.05, 3.63) is 28.8 Å². The van der Waals surface area contributed by atoms with Gasteiger partial charge in [-0.2, -0.15) is 5.11 Å². The highest BCUT2D eigenvalue weighted by atomic mass is 16.7. The standard InChI is InChI=1S/C19H30N2O3/c1-18(2,3)14-9-12(10-15(16(14)22)19(4,5)6)17-23-8-7-13(21-20)11-24-17/h9-10,13,17,20,22H,7-8,11H2,1-6H3. The Kier molecular flexibility index (Phi) is 5.35. The number of nitrogens with one attached hydrogen (secondary N) is 1. The summed E-state index contributed by atoms with van der Waals surface area (Å²) in [5.74, 6) is 0.353. The van der Waals surface area contributed by atoms with Gasteiger partial charge in [0.25, 0.3) is 0 Å². The Morgan fingerprint density at radius 1 is 1.04 bits per heavy atom. The van der Waals surface area contributed by atoms with Crippen LogP contribution >= 0.6 is 0 Å². The van der Waals surface area contributed by atoms with Crippen molar-refractivity contribution in [3.63, 3.8) is 0 Å². The fraction of sp³-hybridized carbons (Fsp3) is 0.684. The second kappa shape index (κ2) is 6.81. The average molecular weight is 334 g/mol. The van der Waals surface area contributed by atoms with Crippen LogP contribution in [0.2, 0.25) is 0 Å². The van der Waals surface area contributed by atoms with Gasteiger partial charge in [0.15, 0.2) is 6.29 Å². The predicted octanol–water partition coefficient (Wildman–Crippen LogP) is 4.82. The van der Waals surface area contributed by atoms with Crippen LogP contribution in [0.4, 0.5) is 0 Å². The van der Waals surface area contributed by atoms with E-state index in [1.165, 1.54) is 0 Å². The van der Waals surface area contributed by atoms with Crippen molar-refractivity contribution in [1.82, 2.24) is 0 Å². The Morgan fingerprint density at radius 2 is 1.58 bits per heavy atom. The van der Waals surface area contributed by atoms with Crippen molar-refractivity contribution in [2.24, 2.45) is 5.11 Å². The lowest BCUT2D eigenvalue weighted by Crippen LogP contribution is -2.19. The highest BCUT2D eigenvalue weighted by molar-refractivity contribution is 5.50. The number of hydrogen-bond acceptors (Lipinski definition) is 5. The van der Waals surface area contributed by atoms with Crippen molar-refractivity contribution in [3.8, 4) is 5.75 Å². The maximum absolute atomic E-state index is 10.8. The molecule has 1 saturated heterocycles. The summed E-state index contributed by atoms with van der Waals surface area (Å²) in [6, 6.07) is 3.82. The average Bonchev–Trinajstić information content (AvgIpc) is 2.70. The highest BCUT2D eigenvalue weighted by Gasteiger charge is 2.29. The molecule has 0 aliphatic carbocycles. The Bertz CT molecular complexity index is 565. The van der Waals surface area contributed by atoms with E-state index in [9.17, 15) is 5.11 Å². The van der Waals surface area contributed by atoms with Crippen LogP contribution in [0.15, 0.2) is 17.2 Å². The van der Waals surface area contributed by atoms with Gasteiger partial charge in [-0.15, -0.1) is 0 Å². The van der Waals surface area contributed by atoms with Gasteiger partial charge in [0.2, 0.25) is 0 Å². The molecule has 2 atom stereocenters. The number of phenolic OH excluding ortho intramolecular Hbond substituents is 1. The minimum absolute atomic E-state index is 0.142. The van der Waals surface area contributed by atoms with Gasteiger partial charge in [0, 0.05) is 5.56 Å². The first-order valence-corrected chi connectivity index (χ1v) is 8.51. The Labute approximate surface area is 144 Å². The molecule has 0 bridgehead atoms. The van der Waals surface area contributed by atoms with E-state index in [1.807, 2.05) is 12.1 Å². The molecule has 134 valence electrons. The molecular weight excluding hydrogens is 304 g/mol.